The van der Waals surface area contributed by atoms with Crippen molar-refractivity contribution in [2.24, 2.45) is 16.2 Å². The highest BCUT2D eigenvalue weighted by molar-refractivity contribution is 5.58. The second kappa shape index (κ2) is 2.93. The summed E-state index contributed by atoms with van der Waals surface area (Å²) in [6.45, 7) is 9.25. The molecule has 0 aliphatic heterocycles. The van der Waals surface area contributed by atoms with E-state index in [0.29, 0.717) is 0 Å². The minimum atomic E-state index is 0.134. The lowest BCUT2D eigenvalue weighted by Crippen LogP contribution is -2.31. The third-order valence-corrected chi connectivity index (χ3v) is 4.78. The van der Waals surface area contributed by atoms with Crippen LogP contribution < -0.4 is 0 Å². The van der Waals surface area contributed by atoms with E-state index in [0.717, 1.165) is 0 Å². The zero-order valence-corrected chi connectivity index (χ0v) is 11.1. The number of hydrogen-bond donors (Lipinski definition) is 0. The van der Waals surface area contributed by atoms with Crippen LogP contribution in [0.4, 0.5) is 0 Å². The summed E-state index contributed by atoms with van der Waals surface area (Å²) < 4.78 is 0. The van der Waals surface area contributed by atoms with E-state index >= 15 is 0 Å². The van der Waals surface area contributed by atoms with Gasteiger partial charge in [0.05, 0.1) is 0 Å². The highest BCUT2D eigenvalue weighted by Crippen LogP contribution is 2.61. The van der Waals surface area contributed by atoms with Gasteiger partial charge in [-0.15, -0.1) is 0 Å². The molecule has 0 aromatic rings. The summed E-state index contributed by atoms with van der Waals surface area (Å²) in [6.07, 6.45) is 18.5. The Kier molecular flexibility index (Phi) is 1.86. The monoisotopic (exact) mass is 224 g/mol. The molecule has 2 unspecified atom stereocenters. The maximum Gasteiger partial charge on any atom is 0.0294 e. The smallest absolute Gasteiger partial charge is 0.0294 e. The van der Waals surface area contributed by atoms with Crippen LogP contribution in [0.25, 0.3) is 0 Å². The average molecular weight is 224 g/mol. The van der Waals surface area contributed by atoms with E-state index in [1.54, 1.807) is 0 Å². The molecule has 3 aliphatic carbocycles. The molecule has 0 heterocycles. The van der Waals surface area contributed by atoms with Crippen molar-refractivity contribution in [3.63, 3.8) is 0 Å². The molecule has 0 saturated heterocycles. The summed E-state index contributed by atoms with van der Waals surface area (Å²) in [4.78, 5) is 0. The molecule has 0 aromatic carbocycles. The number of hydrogen-bond acceptors (Lipinski definition) is 0. The van der Waals surface area contributed by atoms with Gasteiger partial charge in [0.2, 0.25) is 0 Å². The Morgan fingerprint density at radius 1 is 0.824 bits per heavy atom. The van der Waals surface area contributed by atoms with Crippen LogP contribution in [-0.2, 0) is 0 Å². The predicted molar refractivity (Wildman–Crippen MR) is 73.6 cm³/mol. The summed E-state index contributed by atoms with van der Waals surface area (Å²) in [6, 6.07) is 0. The molecule has 2 atom stereocenters. The van der Waals surface area contributed by atoms with Gasteiger partial charge >= 0.3 is 0 Å². The molecule has 3 aliphatic rings. The second-order valence-corrected chi connectivity index (χ2v) is 6.48. The van der Waals surface area contributed by atoms with Gasteiger partial charge in [0.1, 0.15) is 0 Å². The van der Waals surface area contributed by atoms with Gasteiger partial charge < -0.3 is 0 Å². The first-order valence-electron chi connectivity index (χ1n) is 6.39. The lowest BCUT2D eigenvalue weighted by molar-refractivity contribution is 0.321. The van der Waals surface area contributed by atoms with Gasteiger partial charge in [-0.3, -0.25) is 0 Å². The Morgan fingerprint density at radius 2 is 1.47 bits per heavy atom. The van der Waals surface area contributed by atoms with Gasteiger partial charge in [-0.2, -0.15) is 0 Å². The predicted octanol–water partition coefficient (Wildman–Crippen LogP) is 4.59. The zero-order chi connectivity index (χ0) is 12.3. The Morgan fingerprint density at radius 3 is 2.18 bits per heavy atom. The van der Waals surface area contributed by atoms with Crippen molar-refractivity contribution < 1.29 is 0 Å². The highest BCUT2D eigenvalue weighted by atomic mass is 14.5. The Bertz CT molecular complexity index is 522. The van der Waals surface area contributed by atoms with E-state index in [4.69, 9.17) is 0 Å². The Balaban J connectivity index is 2.28. The Labute approximate surface area is 104 Å². The summed E-state index contributed by atoms with van der Waals surface area (Å²) in [5.41, 5.74) is 3.33. The molecule has 0 spiro atoms. The molecule has 17 heavy (non-hydrogen) atoms. The molecule has 0 saturated carbocycles. The van der Waals surface area contributed by atoms with E-state index in [-0.39, 0.29) is 16.2 Å². The van der Waals surface area contributed by atoms with E-state index in [2.05, 4.69) is 76.3 Å². The van der Waals surface area contributed by atoms with Crippen LogP contribution in [-0.4, -0.2) is 0 Å². The fourth-order valence-corrected chi connectivity index (χ4v) is 3.30. The third-order valence-electron chi connectivity index (χ3n) is 4.78. The van der Waals surface area contributed by atoms with Crippen molar-refractivity contribution in [3.05, 3.63) is 59.8 Å². The van der Waals surface area contributed by atoms with Crippen molar-refractivity contribution in [3.8, 4) is 0 Å². The first-order chi connectivity index (χ1) is 7.87. The quantitative estimate of drug-likeness (QED) is 0.564. The van der Waals surface area contributed by atoms with Crippen LogP contribution in [0.5, 0.6) is 0 Å². The molecular weight excluding hydrogens is 204 g/mol. The van der Waals surface area contributed by atoms with Gasteiger partial charge in [-0.25, -0.2) is 0 Å². The minimum Gasteiger partial charge on any atom is -0.0751 e. The molecule has 0 N–H and O–H groups in total. The topological polar surface area (TPSA) is 0 Å². The largest absolute Gasteiger partial charge is 0.0751 e. The van der Waals surface area contributed by atoms with E-state index in [1.165, 1.54) is 11.1 Å². The molecule has 0 fully saturated rings. The normalized spacial score (nSPS) is 48.7. The van der Waals surface area contributed by atoms with Crippen molar-refractivity contribution in [1.29, 1.82) is 0 Å². The number of allylic oxidation sites excluding steroid dienone is 10. The van der Waals surface area contributed by atoms with Crippen molar-refractivity contribution in [2.45, 2.75) is 27.7 Å². The molecule has 88 valence electrons. The molecular formula is C17H20. The zero-order valence-electron chi connectivity index (χ0n) is 11.1. The minimum absolute atomic E-state index is 0.134. The summed E-state index contributed by atoms with van der Waals surface area (Å²) in [5.74, 6) is 0. The van der Waals surface area contributed by atoms with Gasteiger partial charge in [-0.05, 0) is 11.1 Å². The van der Waals surface area contributed by atoms with Crippen LogP contribution in [0, 0.1) is 16.2 Å². The van der Waals surface area contributed by atoms with Gasteiger partial charge in [-0.1, -0.05) is 76.3 Å². The van der Waals surface area contributed by atoms with Crippen LogP contribution >= 0.6 is 0 Å². The van der Waals surface area contributed by atoms with Crippen LogP contribution in [0.15, 0.2) is 59.8 Å². The van der Waals surface area contributed by atoms with Crippen molar-refractivity contribution in [1.82, 2.24) is 0 Å². The SMILES string of the molecule is CC1(C)/C=C\C=C2\C=CC3(C)C=C/C(=C/1)C23C. The fraction of sp³-hybridized carbons (Fsp3) is 0.412. The van der Waals surface area contributed by atoms with Crippen LogP contribution in [0.1, 0.15) is 27.7 Å². The molecule has 0 heteroatoms. The van der Waals surface area contributed by atoms with Gasteiger partial charge in [0, 0.05) is 16.2 Å². The maximum atomic E-state index is 2.42. The molecule has 3 rings (SSSR count). The van der Waals surface area contributed by atoms with Gasteiger partial charge in [0.25, 0.3) is 0 Å². The van der Waals surface area contributed by atoms with Crippen LogP contribution in [0.2, 0.25) is 0 Å². The van der Waals surface area contributed by atoms with E-state index < -0.39 is 0 Å². The van der Waals surface area contributed by atoms with Crippen molar-refractivity contribution in [2.75, 3.05) is 0 Å². The molecule has 0 aromatic heterocycles. The lowest BCUT2D eigenvalue weighted by atomic mass is 9.64. The average Bonchev–Trinajstić information content (AvgIpc) is 2.60. The first kappa shape index (κ1) is 10.8. The van der Waals surface area contributed by atoms with Crippen LogP contribution in [0.3, 0.4) is 0 Å². The molecule has 0 amide bonds. The standard InChI is InChI=1S/C17H20/c1-15(2)9-5-6-13-7-10-16(3)11-8-14(12-15)17(13,16)4/h5-12H,1-4H3/b9-5-,13-6-,14-12-. The molecule has 0 bridgehead atoms. The number of rotatable bonds is 0. The lowest BCUT2D eigenvalue weighted by Gasteiger charge is -2.38. The van der Waals surface area contributed by atoms with Gasteiger partial charge in [0.15, 0.2) is 0 Å². The summed E-state index contributed by atoms with van der Waals surface area (Å²) >= 11 is 0. The maximum absolute atomic E-state index is 2.42. The second-order valence-electron chi connectivity index (χ2n) is 6.48. The highest BCUT2D eigenvalue weighted by Gasteiger charge is 2.52. The third kappa shape index (κ3) is 1.24. The van der Waals surface area contributed by atoms with E-state index in [9.17, 15) is 0 Å². The van der Waals surface area contributed by atoms with Crippen molar-refractivity contribution >= 4 is 0 Å². The summed E-state index contributed by atoms with van der Waals surface area (Å²) in [5, 5.41) is 0. The summed E-state index contributed by atoms with van der Waals surface area (Å²) in [7, 11) is 0. The first-order valence-corrected chi connectivity index (χ1v) is 6.39. The van der Waals surface area contributed by atoms with E-state index in [1.807, 2.05) is 0 Å². The molecule has 0 nitrogen and oxygen atoms in total. The fourth-order valence-electron chi connectivity index (χ4n) is 3.30. The molecule has 0 radical (unpaired) electrons. The Hall–Kier alpha value is -1.30.